The third kappa shape index (κ3) is 2.03. The summed E-state index contributed by atoms with van der Waals surface area (Å²) in [5.41, 5.74) is 5.55. The van der Waals surface area contributed by atoms with Gasteiger partial charge in [-0.1, -0.05) is 0 Å². The van der Waals surface area contributed by atoms with Crippen molar-refractivity contribution >= 4 is 41.3 Å². The highest BCUT2D eigenvalue weighted by atomic mass is 35.7. The van der Waals surface area contributed by atoms with E-state index < -0.39 is 14.9 Å². The summed E-state index contributed by atoms with van der Waals surface area (Å²) in [5.74, 6) is -0.668. The number of aromatic nitrogens is 1. The molecular formula is C8H6ClFN2O2S2. The maximum atomic E-state index is 13.2. The van der Waals surface area contributed by atoms with Crippen LogP contribution >= 0.6 is 22.0 Å². The number of nitrogens with two attached hydrogens (primary N) is 1. The van der Waals surface area contributed by atoms with Gasteiger partial charge >= 0.3 is 0 Å². The molecule has 0 radical (unpaired) electrons. The molecule has 1 heterocycles. The Kier molecular flexibility index (Phi) is 2.87. The highest BCUT2D eigenvalue weighted by Gasteiger charge is 2.19. The molecule has 0 aliphatic heterocycles. The summed E-state index contributed by atoms with van der Waals surface area (Å²) >= 11 is 1.14. The lowest BCUT2D eigenvalue weighted by atomic mass is 10.3. The Hall–Kier alpha value is -0.760. The molecule has 16 heavy (non-hydrogen) atoms. The molecule has 86 valence electrons. The van der Waals surface area contributed by atoms with Gasteiger partial charge in [-0.3, -0.25) is 0 Å². The van der Waals surface area contributed by atoms with E-state index in [-0.39, 0.29) is 17.0 Å². The molecule has 0 aliphatic rings. The van der Waals surface area contributed by atoms with Gasteiger partial charge in [0.1, 0.15) is 21.2 Å². The number of rotatable bonds is 2. The summed E-state index contributed by atoms with van der Waals surface area (Å²) in [7, 11) is 1.19. The Labute approximate surface area is 99.3 Å². The number of halogens is 2. The molecule has 0 unspecified atom stereocenters. The van der Waals surface area contributed by atoms with Crippen LogP contribution in [0.15, 0.2) is 17.0 Å². The molecule has 2 N–H and O–H groups in total. The zero-order valence-corrected chi connectivity index (χ0v) is 10.2. The Balaban J connectivity index is 2.87. The third-order valence-corrected chi connectivity index (χ3v) is 4.27. The lowest BCUT2D eigenvalue weighted by Gasteiger charge is -1.97. The zero-order chi connectivity index (χ0) is 11.9. The Morgan fingerprint density at radius 1 is 1.50 bits per heavy atom. The predicted molar refractivity (Wildman–Crippen MR) is 60.5 cm³/mol. The van der Waals surface area contributed by atoms with Crippen LogP contribution in [0.3, 0.4) is 0 Å². The molecule has 0 spiro atoms. The number of hydrogen-bond donors (Lipinski definition) is 1. The largest absolute Gasteiger partial charge is 0.325 e. The number of hydrogen-bond acceptors (Lipinski definition) is 5. The topological polar surface area (TPSA) is 73.0 Å². The van der Waals surface area contributed by atoms with Gasteiger partial charge in [-0.25, -0.2) is 17.8 Å². The van der Waals surface area contributed by atoms with E-state index in [0.717, 1.165) is 17.4 Å². The summed E-state index contributed by atoms with van der Waals surface area (Å²) < 4.78 is 36.0. The molecule has 0 fully saturated rings. The van der Waals surface area contributed by atoms with E-state index in [4.69, 9.17) is 16.4 Å². The fourth-order valence-corrected chi connectivity index (χ4v) is 3.24. The summed E-state index contributed by atoms with van der Waals surface area (Å²) in [6.45, 7) is 0.169. The molecule has 2 aromatic rings. The lowest BCUT2D eigenvalue weighted by molar-refractivity contribution is 0.604. The molecule has 0 bridgehead atoms. The molecule has 0 amide bonds. The van der Waals surface area contributed by atoms with E-state index in [1.165, 1.54) is 6.07 Å². The molecule has 0 saturated carbocycles. The van der Waals surface area contributed by atoms with E-state index >= 15 is 0 Å². The van der Waals surface area contributed by atoms with Crippen molar-refractivity contribution in [2.45, 2.75) is 11.4 Å². The van der Waals surface area contributed by atoms with Crippen LogP contribution in [0.4, 0.5) is 4.39 Å². The predicted octanol–water partition coefficient (Wildman–Crippen LogP) is 1.82. The molecule has 0 saturated heterocycles. The van der Waals surface area contributed by atoms with Crippen molar-refractivity contribution in [2.24, 2.45) is 5.73 Å². The first-order chi connectivity index (χ1) is 7.41. The van der Waals surface area contributed by atoms with Gasteiger partial charge in [-0.2, -0.15) is 0 Å². The van der Waals surface area contributed by atoms with Gasteiger partial charge in [0, 0.05) is 17.2 Å². The minimum absolute atomic E-state index is 0.168. The van der Waals surface area contributed by atoms with Gasteiger partial charge in [0.25, 0.3) is 9.05 Å². The SMILES string of the molecule is NCc1nc2c(S(=O)(=O)Cl)cc(F)cc2s1. The van der Waals surface area contributed by atoms with Crippen LogP contribution in [0.1, 0.15) is 5.01 Å². The van der Waals surface area contributed by atoms with Crippen molar-refractivity contribution in [3.05, 3.63) is 23.0 Å². The standard InChI is InChI=1S/C8H6ClFN2O2S2/c9-16(13,14)6-2-4(10)1-5-8(6)12-7(3-11)15-5/h1-2H,3,11H2. The fourth-order valence-electron chi connectivity index (χ4n) is 1.29. The third-order valence-electron chi connectivity index (χ3n) is 1.91. The first-order valence-electron chi connectivity index (χ1n) is 4.15. The molecule has 0 aliphatic carbocycles. The Bertz CT molecular complexity index is 653. The average molecular weight is 281 g/mol. The van der Waals surface area contributed by atoms with Gasteiger partial charge in [0.2, 0.25) is 0 Å². The van der Waals surface area contributed by atoms with Crippen molar-refractivity contribution in [2.75, 3.05) is 0 Å². The van der Waals surface area contributed by atoms with E-state index in [1.807, 2.05) is 0 Å². The van der Waals surface area contributed by atoms with E-state index in [1.54, 1.807) is 0 Å². The number of thiazole rings is 1. The highest BCUT2D eigenvalue weighted by molar-refractivity contribution is 8.14. The molecule has 4 nitrogen and oxygen atoms in total. The second kappa shape index (κ2) is 3.92. The second-order valence-corrected chi connectivity index (χ2v) is 6.65. The lowest BCUT2D eigenvalue weighted by Crippen LogP contribution is -1.96. The van der Waals surface area contributed by atoms with Crippen molar-refractivity contribution in [1.82, 2.24) is 4.98 Å². The molecule has 1 aromatic carbocycles. The van der Waals surface area contributed by atoms with Gasteiger partial charge < -0.3 is 5.73 Å². The Morgan fingerprint density at radius 3 is 2.75 bits per heavy atom. The van der Waals surface area contributed by atoms with Crippen molar-refractivity contribution < 1.29 is 12.8 Å². The van der Waals surface area contributed by atoms with Crippen LogP contribution in [0.2, 0.25) is 0 Å². The maximum absolute atomic E-state index is 13.2. The zero-order valence-electron chi connectivity index (χ0n) is 7.78. The van der Waals surface area contributed by atoms with Crippen LogP contribution in [-0.2, 0) is 15.6 Å². The van der Waals surface area contributed by atoms with Crippen LogP contribution in [-0.4, -0.2) is 13.4 Å². The summed E-state index contributed by atoms with van der Waals surface area (Å²) in [6.07, 6.45) is 0. The van der Waals surface area contributed by atoms with Crippen molar-refractivity contribution in [3.63, 3.8) is 0 Å². The van der Waals surface area contributed by atoms with Crippen LogP contribution in [0, 0.1) is 5.82 Å². The second-order valence-electron chi connectivity index (χ2n) is 3.00. The monoisotopic (exact) mass is 280 g/mol. The van der Waals surface area contributed by atoms with Crippen molar-refractivity contribution in [1.29, 1.82) is 0 Å². The minimum Gasteiger partial charge on any atom is -0.325 e. The summed E-state index contributed by atoms with van der Waals surface area (Å²) in [6, 6.07) is 2.06. The number of nitrogens with zero attached hydrogens (tertiary/aromatic N) is 1. The Morgan fingerprint density at radius 2 is 2.19 bits per heavy atom. The molecule has 8 heteroatoms. The average Bonchev–Trinajstić information content (AvgIpc) is 2.57. The molecule has 1 aromatic heterocycles. The summed E-state index contributed by atoms with van der Waals surface area (Å²) in [5, 5.41) is 0.530. The van der Waals surface area contributed by atoms with Gasteiger partial charge in [0.15, 0.2) is 0 Å². The number of fused-ring (bicyclic) bond motifs is 1. The van der Waals surface area contributed by atoms with E-state index in [2.05, 4.69) is 4.98 Å². The van der Waals surface area contributed by atoms with Gasteiger partial charge in [-0.05, 0) is 12.1 Å². The molecule has 2 rings (SSSR count). The minimum atomic E-state index is -4.01. The molecular weight excluding hydrogens is 275 g/mol. The number of benzene rings is 1. The molecule has 0 atom stereocenters. The van der Waals surface area contributed by atoms with Crippen LogP contribution < -0.4 is 5.73 Å². The summed E-state index contributed by atoms with van der Waals surface area (Å²) in [4.78, 5) is 3.68. The maximum Gasteiger partial charge on any atom is 0.263 e. The van der Waals surface area contributed by atoms with Gasteiger partial charge in [-0.15, -0.1) is 11.3 Å². The fraction of sp³-hybridized carbons (Fsp3) is 0.125. The van der Waals surface area contributed by atoms with Crippen molar-refractivity contribution in [3.8, 4) is 0 Å². The van der Waals surface area contributed by atoms with Gasteiger partial charge in [0.05, 0.1) is 4.70 Å². The van der Waals surface area contributed by atoms with Crippen LogP contribution in [0.5, 0.6) is 0 Å². The first kappa shape index (κ1) is 11.7. The van der Waals surface area contributed by atoms with E-state index in [9.17, 15) is 12.8 Å². The quantitative estimate of drug-likeness (QED) is 0.852. The first-order valence-corrected chi connectivity index (χ1v) is 7.28. The van der Waals surface area contributed by atoms with E-state index in [0.29, 0.717) is 9.71 Å². The highest BCUT2D eigenvalue weighted by Crippen LogP contribution is 2.30. The van der Waals surface area contributed by atoms with Crippen LogP contribution in [0.25, 0.3) is 10.2 Å². The smallest absolute Gasteiger partial charge is 0.263 e. The normalized spacial score (nSPS) is 12.2.